The minimum atomic E-state index is -3.81. The zero-order chi connectivity index (χ0) is 26.7. The SMILES string of the molecule is CC(Cc1ccc2c(c1)cc(C(=O)O)n2Cc1ccc(S(N)(=O)=O)cc1)NCC(O)N1C=NC(=N)CC1. The molecular formula is C25H30N6O5S. The topological polar surface area (TPSA) is 174 Å². The van der Waals surface area contributed by atoms with Gasteiger partial charge in [0.05, 0.1) is 11.2 Å². The number of primary sulfonamides is 1. The summed E-state index contributed by atoms with van der Waals surface area (Å²) < 4.78 is 24.7. The molecule has 0 aliphatic carbocycles. The average Bonchev–Trinajstić information content (AvgIpc) is 3.20. The second-order valence-electron chi connectivity index (χ2n) is 9.18. The van der Waals surface area contributed by atoms with Crippen LogP contribution in [0.4, 0.5) is 0 Å². The third-order valence-corrected chi connectivity index (χ3v) is 7.25. The lowest BCUT2D eigenvalue weighted by Crippen LogP contribution is -2.46. The van der Waals surface area contributed by atoms with Crippen molar-refractivity contribution in [1.29, 1.82) is 5.41 Å². The molecule has 3 aromatic rings. The first kappa shape index (κ1) is 26.5. The number of nitrogens with two attached hydrogens (primary N) is 1. The number of nitrogens with one attached hydrogen (secondary N) is 2. The highest BCUT2D eigenvalue weighted by molar-refractivity contribution is 7.89. The quantitative estimate of drug-likeness (QED) is 0.267. The van der Waals surface area contributed by atoms with Crippen LogP contribution in [0.1, 0.15) is 35.0 Å². The number of aliphatic hydroxyl groups is 1. The predicted molar refractivity (Wildman–Crippen MR) is 141 cm³/mol. The van der Waals surface area contributed by atoms with E-state index in [2.05, 4.69) is 10.3 Å². The molecule has 0 fully saturated rings. The standard InChI is InChI=1S/C25H30N6O5S/c1-16(28-13-24(32)30-9-8-23(26)29-15-30)10-18-4-7-21-19(11-18)12-22(25(33)34)31(21)14-17-2-5-20(6-3-17)37(27,35)36/h2-7,11-12,15-16,24,26,28,32H,8-10,13-14H2,1H3,(H,33,34)(H2,27,35,36). The molecule has 0 spiro atoms. The number of carboxylic acids is 1. The molecule has 1 aliphatic rings. The lowest BCUT2D eigenvalue weighted by atomic mass is 10.1. The van der Waals surface area contributed by atoms with Gasteiger partial charge >= 0.3 is 5.97 Å². The monoisotopic (exact) mass is 526 g/mol. The zero-order valence-corrected chi connectivity index (χ0v) is 21.1. The van der Waals surface area contributed by atoms with E-state index in [1.165, 1.54) is 18.5 Å². The van der Waals surface area contributed by atoms with E-state index in [-0.39, 0.29) is 23.2 Å². The van der Waals surface area contributed by atoms with Crippen LogP contribution >= 0.6 is 0 Å². The van der Waals surface area contributed by atoms with Crippen LogP contribution in [0.25, 0.3) is 10.9 Å². The summed E-state index contributed by atoms with van der Waals surface area (Å²) in [7, 11) is -3.81. The number of hydrogen-bond acceptors (Lipinski definition) is 7. The molecule has 1 aliphatic heterocycles. The third kappa shape index (κ3) is 6.41. The van der Waals surface area contributed by atoms with Gasteiger partial charge < -0.3 is 25.0 Å². The maximum Gasteiger partial charge on any atom is 0.352 e. The molecule has 0 amide bonds. The number of fused-ring (bicyclic) bond motifs is 1. The number of benzene rings is 2. The van der Waals surface area contributed by atoms with Gasteiger partial charge in [0.1, 0.15) is 17.8 Å². The lowest BCUT2D eigenvalue weighted by Gasteiger charge is -2.29. The molecule has 11 nitrogen and oxygen atoms in total. The number of carbonyl (C=O) groups is 1. The second kappa shape index (κ2) is 10.8. The maximum atomic E-state index is 12.0. The maximum absolute atomic E-state index is 12.0. The minimum Gasteiger partial charge on any atom is -0.477 e. The predicted octanol–water partition coefficient (Wildman–Crippen LogP) is 1.59. The highest BCUT2D eigenvalue weighted by atomic mass is 32.2. The molecule has 2 aromatic carbocycles. The molecule has 6 N–H and O–H groups in total. The Morgan fingerprint density at radius 3 is 2.51 bits per heavy atom. The van der Waals surface area contributed by atoms with Gasteiger partial charge in [0.25, 0.3) is 0 Å². The Morgan fingerprint density at radius 1 is 1.19 bits per heavy atom. The smallest absolute Gasteiger partial charge is 0.352 e. The Balaban J connectivity index is 1.46. The number of amidine groups is 1. The summed E-state index contributed by atoms with van der Waals surface area (Å²) in [4.78, 5) is 17.6. The Labute approximate surface area is 214 Å². The number of aliphatic imine (C=N–C) groups is 1. The van der Waals surface area contributed by atoms with Crippen LogP contribution in [0.5, 0.6) is 0 Å². The minimum absolute atomic E-state index is 0.00322. The van der Waals surface area contributed by atoms with E-state index in [9.17, 15) is 23.4 Å². The summed E-state index contributed by atoms with van der Waals surface area (Å²) in [6.07, 6.45) is 1.93. The Kier molecular flexibility index (Phi) is 7.73. The summed E-state index contributed by atoms with van der Waals surface area (Å²) >= 11 is 0. The Bertz CT molecular complexity index is 1450. The summed E-state index contributed by atoms with van der Waals surface area (Å²) in [5.41, 5.74) is 2.64. The van der Waals surface area contributed by atoms with Crippen LogP contribution in [-0.4, -0.2) is 71.6 Å². The van der Waals surface area contributed by atoms with Crippen molar-refractivity contribution in [3.63, 3.8) is 0 Å². The molecule has 2 atom stereocenters. The van der Waals surface area contributed by atoms with Gasteiger partial charge in [-0.25, -0.2) is 23.3 Å². The van der Waals surface area contributed by atoms with E-state index >= 15 is 0 Å². The van der Waals surface area contributed by atoms with Crippen molar-refractivity contribution in [3.8, 4) is 0 Å². The van der Waals surface area contributed by atoms with Crippen molar-refractivity contribution < 1.29 is 23.4 Å². The fourth-order valence-electron chi connectivity index (χ4n) is 4.34. The van der Waals surface area contributed by atoms with Gasteiger partial charge in [0, 0.05) is 43.0 Å². The van der Waals surface area contributed by atoms with Crippen molar-refractivity contribution >= 4 is 39.1 Å². The molecule has 0 radical (unpaired) electrons. The van der Waals surface area contributed by atoms with E-state index in [1.807, 2.05) is 25.1 Å². The van der Waals surface area contributed by atoms with Crippen molar-refractivity contribution in [2.24, 2.45) is 10.1 Å². The van der Waals surface area contributed by atoms with E-state index in [0.717, 1.165) is 22.0 Å². The molecule has 0 bridgehead atoms. The fourth-order valence-corrected chi connectivity index (χ4v) is 4.85. The van der Waals surface area contributed by atoms with Gasteiger partial charge in [-0.1, -0.05) is 18.2 Å². The number of rotatable bonds is 10. The number of carboxylic acid groups (broad SMARTS) is 1. The highest BCUT2D eigenvalue weighted by Crippen LogP contribution is 2.24. The number of nitrogens with zero attached hydrogens (tertiary/aromatic N) is 3. The molecule has 12 heteroatoms. The van der Waals surface area contributed by atoms with Crippen LogP contribution < -0.4 is 10.5 Å². The number of hydrogen-bond donors (Lipinski definition) is 5. The largest absolute Gasteiger partial charge is 0.477 e. The van der Waals surface area contributed by atoms with Gasteiger partial charge in [-0.3, -0.25) is 5.41 Å². The van der Waals surface area contributed by atoms with Crippen molar-refractivity contribution in [2.45, 2.75) is 43.5 Å². The Hall–Kier alpha value is -3.58. The molecule has 2 unspecified atom stereocenters. The van der Waals surface area contributed by atoms with E-state index < -0.39 is 22.2 Å². The van der Waals surface area contributed by atoms with Crippen LogP contribution in [0, 0.1) is 5.41 Å². The lowest BCUT2D eigenvalue weighted by molar-refractivity contribution is 0.0552. The van der Waals surface area contributed by atoms with E-state index in [4.69, 9.17) is 10.5 Å². The number of aromatic nitrogens is 1. The third-order valence-electron chi connectivity index (χ3n) is 6.32. The molecule has 0 saturated carbocycles. The summed E-state index contributed by atoms with van der Waals surface area (Å²) in [5.74, 6) is -0.751. The number of aliphatic hydroxyl groups excluding tert-OH is 1. The second-order valence-corrected chi connectivity index (χ2v) is 10.7. The van der Waals surface area contributed by atoms with Crippen molar-refractivity contribution in [3.05, 3.63) is 65.4 Å². The fraction of sp³-hybridized carbons (Fsp3) is 0.320. The van der Waals surface area contributed by atoms with Crippen LogP contribution in [0.2, 0.25) is 0 Å². The van der Waals surface area contributed by atoms with Gasteiger partial charge in [-0.15, -0.1) is 0 Å². The van der Waals surface area contributed by atoms with Gasteiger partial charge in [0.2, 0.25) is 10.0 Å². The van der Waals surface area contributed by atoms with Gasteiger partial charge in [-0.05, 0) is 54.8 Å². The molecule has 4 rings (SSSR count). The highest BCUT2D eigenvalue weighted by Gasteiger charge is 2.19. The van der Waals surface area contributed by atoms with Crippen molar-refractivity contribution in [1.82, 2.24) is 14.8 Å². The molecule has 196 valence electrons. The molecule has 2 heterocycles. The van der Waals surface area contributed by atoms with E-state index in [0.29, 0.717) is 31.8 Å². The van der Waals surface area contributed by atoms with Crippen LogP contribution in [0.3, 0.4) is 0 Å². The number of sulfonamides is 1. The average molecular weight is 527 g/mol. The summed E-state index contributed by atoms with van der Waals surface area (Å²) in [6.45, 7) is 3.16. The number of aromatic carboxylic acids is 1. The Morgan fingerprint density at radius 2 is 1.89 bits per heavy atom. The van der Waals surface area contributed by atoms with Gasteiger partial charge in [0.15, 0.2) is 0 Å². The summed E-state index contributed by atoms with van der Waals surface area (Å²) in [6, 6.07) is 13.5. The molecule has 1 aromatic heterocycles. The van der Waals surface area contributed by atoms with Crippen LogP contribution in [0.15, 0.2) is 58.4 Å². The molecule has 37 heavy (non-hydrogen) atoms. The van der Waals surface area contributed by atoms with Crippen molar-refractivity contribution in [2.75, 3.05) is 13.1 Å². The first-order valence-electron chi connectivity index (χ1n) is 11.8. The summed E-state index contributed by atoms with van der Waals surface area (Å²) in [5, 5.41) is 36.9. The first-order chi connectivity index (χ1) is 17.5. The first-order valence-corrected chi connectivity index (χ1v) is 13.3. The molecule has 0 saturated heterocycles. The van der Waals surface area contributed by atoms with E-state index in [1.54, 1.807) is 27.7 Å². The molecular weight excluding hydrogens is 496 g/mol. The zero-order valence-electron chi connectivity index (χ0n) is 20.3. The normalized spacial score (nSPS) is 15.8. The van der Waals surface area contributed by atoms with Crippen LogP contribution in [-0.2, 0) is 23.0 Å². The van der Waals surface area contributed by atoms with Gasteiger partial charge in [-0.2, -0.15) is 0 Å².